The van der Waals surface area contributed by atoms with Crippen LogP contribution in [0.15, 0.2) is 36.5 Å². The van der Waals surface area contributed by atoms with Crippen molar-refractivity contribution in [2.75, 3.05) is 50.5 Å². The molecule has 1 unspecified atom stereocenters. The highest BCUT2D eigenvalue weighted by Gasteiger charge is 2.19. The van der Waals surface area contributed by atoms with Crippen LogP contribution in [-0.2, 0) is 22.4 Å². The van der Waals surface area contributed by atoms with Gasteiger partial charge in [0.15, 0.2) is 0 Å². The first kappa shape index (κ1) is 23.9. The largest absolute Gasteiger partial charge is 0.480 e. The highest BCUT2D eigenvalue weighted by atomic mass is 16.5. The van der Waals surface area contributed by atoms with Crippen LogP contribution in [0.5, 0.6) is 0 Å². The standard InChI is InChI=1S/C24H35N5O3/c1-32-18-17-29(16-12-21(24(30)31)28-22-9-2-4-13-25-22)15-5-3-8-20-11-10-19-7-6-14-26-23(19)27-20/h2,4,9-11,13,21H,3,5-8,12,14-18H2,1H3,(H,25,28)(H,26,27)(H,30,31). The number of anilines is 2. The van der Waals surface area contributed by atoms with E-state index in [0.717, 1.165) is 56.8 Å². The molecule has 0 radical (unpaired) electrons. The Hall–Kier alpha value is -2.71. The second kappa shape index (κ2) is 13.0. The maximum absolute atomic E-state index is 11.7. The van der Waals surface area contributed by atoms with Crippen molar-refractivity contribution in [1.29, 1.82) is 0 Å². The van der Waals surface area contributed by atoms with E-state index in [2.05, 4.69) is 32.7 Å². The third kappa shape index (κ3) is 7.76. The van der Waals surface area contributed by atoms with Crippen molar-refractivity contribution in [3.63, 3.8) is 0 Å². The summed E-state index contributed by atoms with van der Waals surface area (Å²) < 4.78 is 5.25. The molecular weight excluding hydrogens is 406 g/mol. The van der Waals surface area contributed by atoms with Crippen LogP contribution in [0.1, 0.15) is 36.9 Å². The summed E-state index contributed by atoms with van der Waals surface area (Å²) in [5, 5.41) is 16.0. The Bertz CT molecular complexity index is 834. The zero-order chi connectivity index (χ0) is 22.6. The molecule has 0 saturated carbocycles. The van der Waals surface area contributed by atoms with Crippen molar-refractivity contribution in [2.45, 2.75) is 44.6 Å². The Morgan fingerprint density at radius 3 is 2.94 bits per heavy atom. The van der Waals surface area contributed by atoms with E-state index in [4.69, 9.17) is 9.72 Å². The number of nitrogens with one attached hydrogen (secondary N) is 2. The average molecular weight is 442 g/mol. The Labute approximate surface area is 190 Å². The number of carboxylic acid groups (broad SMARTS) is 1. The summed E-state index contributed by atoms with van der Waals surface area (Å²) in [5.74, 6) is 0.764. The summed E-state index contributed by atoms with van der Waals surface area (Å²) in [6.45, 7) is 4.00. The van der Waals surface area contributed by atoms with Crippen LogP contribution in [0.3, 0.4) is 0 Å². The lowest BCUT2D eigenvalue weighted by Crippen LogP contribution is -2.36. The van der Waals surface area contributed by atoms with Gasteiger partial charge in [0.2, 0.25) is 0 Å². The molecule has 3 rings (SSSR count). The summed E-state index contributed by atoms with van der Waals surface area (Å²) in [6, 6.07) is 9.10. The van der Waals surface area contributed by atoms with Gasteiger partial charge < -0.3 is 25.4 Å². The van der Waals surface area contributed by atoms with Crippen molar-refractivity contribution >= 4 is 17.6 Å². The van der Waals surface area contributed by atoms with E-state index < -0.39 is 12.0 Å². The van der Waals surface area contributed by atoms with Crippen molar-refractivity contribution in [3.05, 3.63) is 47.8 Å². The topological polar surface area (TPSA) is 99.6 Å². The van der Waals surface area contributed by atoms with Gasteiger partial charge >= 0.3 is 5.97 Å². The van der Waals surface area contributed by atoms with Gasteiger partial charge in [0.05, 0.1) is 6.61 Å². The maximum Gasteiger partial charge on any atom is 0.326 e. The predicted molar refractivity (Wildman–Crippen MR) is 126 cm³/mol. The quantitative estimate of drug-likeness (QED) is 0.385. The van der Waals surface area contributed by atoms with E-state index in [-0.39, 0.29) is 0 Å². The monoisotopic (exact) mass is 441 g/mol. The number of fused-ring (bicyclic) bond motifs is 1. The number of rotatable bonds is 14. The molecule has 0 bridgehead atoms. The number of aliphatic carboxylic acids is 1. The van der Waals surface area contributed by atoms with E-state index in [0.29, 0.717) is 25.4 Å². The Balaban J connectivity index is 1.45. The number of pyridine rings is 2. The molecule has 0 fully saturated rings. The van der Waals surface area contributed by atoms with E-state index in [1.807, 2.05) is 12.1 Å². The van der Waals surface area contributed by atoms with Crippen LogP contribution in [-0.4, -0.2) is 71.9 Å². The van der Waals surface area contributed by atoms with Crippen LogP contribution < -0.4 is 10.6 Å². The Morgan fingerprint density at radius 2 is 2.16 bits per heavy atom. The van der Waals surface area contributed by atoms with Crippen molar-refractivity contribution in [3.8, 4) is 0 Å². The second-order valence-corrected chi connectivity index (χ2v) is 8.17. The van der Waals surface area contributed by atoms with Crippen LogP contribution >= 0.6 is 0 Å². The minimum Gasteiger partial charge on any atom is -0.480 e. The number of aryl methyl sites for hydroxylation is 2. The summed E-state index contributed by atoms with van der Waals surface area (Å²) in [7, 11) is 1.69. The number of methoxy groups -OCH3 is 1. The summed E-state index contributed by atoms with van der Waals surface area (Å²) in [6.07, 6.45) is 7.45. The molecule has 1 aliphatic heterocycles. The van der Waals surface area contributed by atoms with Gasteiger partial charge in [-0.1, -0.05) is 12.1 Å². The fourth-order valence-electron chi connectivity index (χ4n) is 3.90. The fourth-order valence-corrected chi connectivity index (χ4v) is 3.90. The molecule has 8 nitrogen and oxygen atoms in total. The Kier molecular flexibility index (Phi) is 9.71. The number of carboxylic acids is 1. The van der Waals surface area contributed by atoms with Crippen LogP contribution in [0.25, 0.3) is 0 Å². The highest BCUT2D eigenvalue weighted by Crippen LogP contribution is 2.20. The molecule has 2 aromatic heterocycles. The zero-order valence-corrected chi connectivity index (χ0v) is 18.9. The molecule has 1 aliphatic rings. The zero-order valence-electron chi connectivity index (χ0n) is 18.9. The Morgan fingerprint density at radius 1 is 1.25 bits per heavy atom. The van der Waals surface area contributed by atoms with Gasteiger partial charge in [-0.2, -0.15) is 0 Å². The number of hydrogen-bond acceptors (Lipinski definition) is 7. The lowest BCUT2D eigenvalue weighted by molar-refractivity contribution is -0.138. The molecular formula is C24H35N5O3. The van der Waals surface area contributed by atoms with Crippen molar-refractivity contribution < 1.29 is 14.6 Å². The summed E-state index contributed by atoms with van der Waals surface area (Å²) >= 11 is 0. The molecule has 1 atom stereocenters. The van der Waals surface area contributed by atoms with E-state index in [9.17, 15) is 9.90 Å². The molecule has 8 heteroatoms. The highest BCUT2D eigenvalue weighted by molar-refractivity contribution is 5.76. The molecule has 0 aliphatic carbocycles. The number of carbonyl (C=O) groups is 1. The molecule has 3 heterocycles. The SMILES string of the molecule is COCCN(CCCCc1ccc2c(n1)NCCC2)CCC(Nc1ccccn1)C(=O)O. The third-order valence-corrected chi connectivity index (χ3v) is 5.74. The first-order valence-corrected chi connectivity index (χ1v) is 11.5. The van der Waals surface area contributed by atoms with E-state index in [1.54, 1.807) is 19.4 Å². The van der Waals surface area contributed by atoms with Crippen molar-refractivity contribution in [1.82, 2.24) is 14.9 Å². The lowest BCUT2D eigenvalue weighted by atomic mass is 10.1. The molecule has 0 aromatic carbocycles. The minimum atomic E-state index is -0.866. The first-order chi connectivity index (χ1) is 15.7. The molecule has 174 valence electrons. The summed E-state index contributed by atoms with van der Waals surface area (Å²) in [4.78, 5) is 22.9. The van der Waals surface area contributed by atoms with Gasteiger partial charge in [0, 0.05) is 38.6 Å². The maximum atomic E-state index is 11.7. The molecule has 3 N–H and O–H groups in total. The molecule has 2 aromatic rings. The number of unbranched alkanes of at least 4 members (excludes halogenated alkanes) is 1. The number of ether oxygens (including phenoxy) is 1. The molecule has 0 amide bonds. The van der Waals surface area contributed by atoms with Crippen molar-refractivity contribution in [2.24, 2.45) is 0 Å². The van der Waals surface area contributed by atoms with Gasteiger partial charge in [-0.3, -0.25) is 0 Å². The predicted octanol–water partition coefficient (Wildman–Crippen LogP) is 3.06. The fraction of sp³-hybridized carbons (Fsp3) is 0.542. The van der Waals surface area contributed by atoms with Crippen LogP contribution in [0, 0.1) is 0 Å². The van der Waals surface area contributed by atoms with Crippen LogP contribution in [0.2, 0.25) is 0 Å². The van der Waals surface area contributed by atoms with E-state index >= 15 is 0 Å². The first-order valence-electron chi connectivity index (χ1n) is 11.5. The summed E-state index contributed by atoms with van der Waals surface area (Å²) in [5.41, 5.74) is 2.45. The molecule has 32 heavy (non-hydrogen) atoms. The van der Waals surface area contributed by atoms with Gasteiger partial charge in [-0.15, -0.1) is 0 Å². The second-order valence-electron chi connectivity index (χ2n) is 8.17. The molecule has 0 spiro atoms. The van der Waals surface area contributed by atoms with Gasteiger partial charge in [0.1, 0.15) is 17.7 Å². The molecule has 0 saturated heterocycles. The van der Waals surface area contributed by atoms with Gasteiger partial charge in [-0.05, 0) is 68.8 Å². The van der Waals surface area contributed by atoms with E-state index in [1.165, 1.54) is 12.0 Å². The van der Waals surface area contributed by atoms with Gasteiger partial charge in [0.25, 0.3) is 0 Å². The minimum absolute atomic E-state index is 0.494. The average Bonchev–Trinajstić information content (AvgIpc) is 2.82. The smallest absolute Gasteiger partial charge is 0.326 e. The normalized spacial score (nSPS) is 13.9. The number of hydrogen-bond donors (Lipinski definition) is 3. The third-order valence-electron chi connectivity index (χ3n) is 5.74. The number of nitrogens with zero attached hydrogens (tertiary/aromatic N) is 3. The van der Waals surface area contributed by atoms with Gasteiger partial charge in [-0.25, -0.2) is 14.8 Å². The number of aromatic nitrogens is 2. The lowest BCUT2D eigenvalue weighted by Gasteiger charge is -2.24. The van der Waals surface area contributed by atoms with Crippen LogP contribution in [0.4, 0.5) is 11.6 Å².